The molecule has 1 aromatic carbocycles. The lowest BCUT2D eigenvalue weighted by atomic mass is 10.2. The highest BCUT2D eigenvalue weighted by Gasteiger charge is 2.14. The number of aromatic nitrogens is 2. The summed E-state index contributed by atoms with van der Waals surface area (Å²) >= 11 is 0. The Kier molecular flexibility index (Phi) is 4.11. The third-order valence-corrected chi connectivity index (χ3v) is 2.61. The van der Waals surface area contributed by atoms with Gasteiger partial charge in [-0.05, 0) is 0 Å². The number of hydrogen-bond donors (Lipinski definition) is 1. The molecule has 0 fully saturated rings. The predicted molar refractivity (Wildman–Crippen MR) is 63.7 cm³/mol. The van der Waals surface area contributed by atoms with Crippen molar-refractivity contribution in [2.45, 2.75) is 13.1 Å². The van der Waals surface area contributed by atoms with Gasteiger partial charge < -0.3 is 10.1 Å². The summed E-state index contributed by atoms with van der Waals surface area (Å²) in [5.41, 5.74) is 0.0221. The van der Waals surface area contributed by atoms with Crippen LogP contribution in [0.25, 0.3) is 0 Å². The van der Waals surface area contributed by atoms with E-state index < -0.39 is 18.2 Å². The fourth-order valence-electron chi connectivity index (χ4n) is 1.73. The summed E-state index contributed by atoms with van der Waals surface area (Å²) in [7, 11) is 1.22. The minimum atomic E-state index is -2.74. The smallest absolute Gasteiger partial charge is 0.319 e. The predicted octanol–water partition coefficient (Wildman–Crippen LogP) is 3.18. The summed E-state index contributed by atoms with van der Waals surface area (Å²) in [6.07, 6.45) is 2.33. The molecule has 1 N–H and O–H groups in total. The number of imidazole rings is 1. The van der Waals surface area contributed by atoms with E-state index in [1.165, 1.54) is 13.3 Å². The molecular formula is C12H11F4N3O. The van der Waals surface area contributed by atoms with Crippen molar-refractivity contribution in [1.82, 2.24) is 9.55 Å². The van der Waals surface area contributed by atoms with Gasteiger partial charge in [0.25, 0.3) is 0 Å². The first-order valence-electron chi connectivity index (χ1n) is 5.59. The number of nitrogens with zero attached hydrogens (tertiary/aromatic N) is 2. The number of rotatable bonds is 5. The lowest BCUT2D eigenvalue weighted by Gasteiger charge is -2.12. The second kappa shape index (κ2) is 5.81. The summed E-state index contributed by atoms with van der Waals surface area (Å²) in [5.74, 6) is -1.84. The average molecular weight is 289 g/mol. The normalized spacial score (nSPS) is 10.9. The van der Waals surface area contributed by atoms with Gasteiger partial charge in [-0.15, -0.1) is 0 Å². The van der Waals surface area contributed by atoms with Crippen molar-refractivity contribution in [1.29, 1.82) is 0 Å². The zero-order valence-electron chi connectivity index (χ0n) is 10.4. The average Bonchev–Trinajstić information content (AvgIpc) is 2.84. The quantitative estimate of drug-likeness (QED) is 0.859. The molecule has 0 aliphatic carbocycles. The van der Waals surface area contributed by atoms with Gasteiger partial charge in [0.15, 0.2) is 11.6 Å². The monoisotopic (exact) mass is 289 g/mol. The first-order chi connectivity index (χ1) is 9.52. The molecule has 2 aromatic rings. The fourth-order valence-corrected chi connectivity index (χ4v) is 1.73. The Bertz CT molecular complexity index is 600. The molecule has 0 bridgehead atoms. The molecule has 0 amide bonds. The lowest BCUT2D eigenvalue weighted by molar-refractivity contribution is 0.0673. The van der Waals surface area contributed by atoms with E-state index in [1.807, 2.05) is 0 Å². The molecular weight excluding hydrogens is 278 g/mol. The third kappa shape index (κ3) is 2.84. The Hall–Kier alpha value is -2.25. The summed E-state index contributed by atoms with van der Waals surface area (Å²) in [6, 6.07) is 1.68. The highest BCUT2D eigenvalue weighted by Crippen LogP contribution is 2.29. The van der Waals surface area contributed by atoms with Crippen LogP contribution in [0.4, 0.5) is 23.2 Å². The van der Waals surface area contributed by atoms with Gasteiger partial charge in [0.2, 0.25) is 0 Å². The molecule has 4 nitrogen and oxygen atoms in total. The van der Waals surface area contributed by atoms with Gasteiger partial charge in [-0.25, -0.2) is 13.8 Å². The van der Waals surface area contributed by atoms with Crippen LogP contribution in [0.5, 0.6) is 5.75 Å². The molecule has 0 saturated heterocycles. The van der Waals surface area contributed by atoms with Gasteiger partial charge in [0, 0.05) is 24.5 Å². The van der Waals surface area contributed by atoms with Gasteiger partial charge in [0.1, 0.15) is 11.6 Å². The maximum absolute atomic E-state index is 13.4. The van der Waals surface area contributed by atoms with E-state index in [1.54, 1.807) is 0 Å². The number of alkyl halides is 2. The van der Waals surface area contributed by atoms with Crippen molar-refractivity contribution >= 4 is 5.69 Å². The summed E-state index contributed by atoms with van der Waals surface area (Å²) in [4.78, 5) is 3.75. The van der Waals surface area contributed by atoms with Crippen LogP contribution in [-0.2, 0) is 6.54 Å². The number of halogens is 4. The number of anilines is 1. The van der Waals surface area contributed by atoms with Crippen LogP contribution in [0.15, 0.2) is 24.5 Å². The molecule has 0 unspecified atom stereocenters. The van der Waals surface area contributed by atoms with E-state index in [4.69, 9.17) is 4.74 Å². The Morgan fingerprint density at radius 3 is 2.75 bits per heavy atom. The van der Waals surface area contributed by atoms with E-state index >= 15 is 0 Å². The molecule has 8 heteroatoms. The molecule has 0 radical (unpaired) electrons. The standard InChI is InChI=1S/C12H11F4N3O/c1-20-11-8(14)4-7(13)5-9(11)18-6-10-17-2-3-19(10)12(15)16/h2-5,12,18H,6H2,1H3. The second-order valence-electron chi connectivity index (χ2n) is 3.85. The van der Waals surface area contributed by atoms with Crippen molar-refractivity contribution in [3.8, 4) is 5.75 Å². The lowest BCUT2D eigenvalue weighted by Crippen LogP contribution is -2.10. The molecule has 1 aromatic heterocycles. The maximum Gasteiger partial charge on any atom is 0.319 e. The van der Waals surface area contributed by atoms with Gasteiger partial charge in [-0.3, -0.25) is 4.57 Å². The number of ether oxygens (including phenoxy) is 1. The molecule has 108 valence electrons. The number of benzene rings is 1. The molecule has 0 spiro atoms. The van der Waals surface area contributed by atoms with Gasteiger partial charge in [0.05, 0.1) is 19.3 Å². The van der Waals surface area contributed by atoms with Crippen LogP contribution < -0.4 is 10.1 Å². The highest BCUT2D eigenvalue weighted by molar-refractivity contribution is 5.57. The Labute approximate surface area is 112 Å². The maximum atomic E-state index is 13.4. The van der Waals surface area contributed by atoms with Crippen molar-refractivity contribution in [2.75, 3.05) is 12.4 Å². The Balaban J connectivity index is 2.20. The number of nitrogens with one attached hydrogen (secondary N) is 1. The van der Waals surface area contributed by atoms with Crippen LogP contribution in [-0.4, -0.2) is 16.7 Å². The minimum Gasteiger partial charge on any atom is -0.492 e. The van der Waals surface area contributed by atoms with Crippen LogP contribution in [0.2, 0.25) is 0 Å². The molecule has 0 aliphatic heterocycles. The summed E-state index contributed by atoms with van der Waals surface area (Å²) in [6.45, 7) is -2.86. The van der Waals surface area contributed by atoms with Crippen LogP contribution in [0.3, 0.4) is 0 Å². The number of methoxy groups -OCH3 is 1. The van der Waals surface area contributed by atoms with Crippen molar-refractivity contribution in [3.05, 3.63) is 42.0 Å². The van der Waals surface area contributed by atoms with Gasteiger partial charge in [-0.1, -0.05) is 0 Å². The highest BCUT2D eigenvalue weighted by atomic mass is 19.3. The molecule has 0 aliphatic rings. The van der Waals surface area contributed by atoms with E-state index in [2.05, 4.69) is 10.3 Å². The summed E-state index contributed by atoms with van der Waals surface area (Å²) < 4.78 is 57.2. The fraction of sp³-hybridized carbons (Fsp3) is 0.250. The second-order valence-corrected chi connectivity index (χ2v) is 3.85. The minimum absolute atomic E-state index is 0.0221. The van der Waals surface area contributed by atoms with Crippen molar-refractivity contribution in [3.63, 3.8) is 0 Å². The molecule has 2 rings (SSSR count). The molecule has 1 heterocycles. The van der Waals surface area contributed by atoms with Gasteiger partial charge in [-0.2, -0.15) is 8.78 Å². The summed E-state index contributed by atoms with van der Waals surface area (Å²) in [5, 5.41) is 2.62. The SMILES string of the molecule is COc1c(F)cc(F)cc1NCc1nccn1C(F)F. The third-order valence-electron chi connectivity index (χ3n) is 2.61. The topological polar surface area (TPSA) is 39.1 Å². The Morgan fingerprint density at radius 2 is 2.10 bits per heavy atom. The zero-order chi connectivity index (χ0) is 14.7. The van der Waals surface area contributed by atoms with Crippen LogP contribution >= 0.6 is 0 Å². The molecule has 0 atom stereocenters. The van der Waals surface area contributed by atoms with Crippen molar-refractivity contribution < 1.29 is 22.3 Å². The van der Waals surface area contributed by atoms with Crippen LogP contribution in [0.1, 0.15) is 12.4 Å². The van der Waals surface area contributed by atoms with E-state index in [-0.39, 0.29) is 23.8 Å². The first kappa shape index (κ1) is 14.2. The Morgan fingerprint density at radius 1 is 1.35 bits per heavy atom. The van der Waals surface area contributed by atoms with Gasteiger partial charge >= 0.3 is 6.55 Å². The first-order valence-corrected chi connectivity index (χ1v) is 5.59. The van der Waals surface area contributed by atoms with Crippen LogP contribution in [0, 0.1) is 11.6 Å². The van der Waals surface area contributed by atoms with E-state index in [0.717, 1.165) is 12.3 Å². The zero-order valence-corrected chi connectivity index (χ0v) is 10.4. The molecule has 20 heavy (non-hydrogen) atoms. The molecule has 0 saturated carbocycles. The number of hydrogen-bond acceptors (Lipinski definition) is 3. The van der Waals surface area contributed by atoms with Crippen molar-refractivity contribution in [2.24, 2.45) is 0 Å². The van der Waals surface area contributed by atoms with E-state index in [9.17, 15) is 17.6 Å². The van der Waals surface area contributed by atoms with E-state index in [0.29, 0.717) is 10.6 Å². The largest absolute Gasteiger partial charge is 0.492 e.